The Morgan fingerprint density at radius 3 is 1.92 bits per heavy atom. The molecular weight excluding hydrogens is 310 g/mol. The Morgan fingerprint density at radius 2 is 1.36 bits per heavy atom. The highest BCUT2D eigenvalue weighted by atomic mass is 16.2. The lowest BCUT2D eigenvalue weighted by Gasteiger charge is -2.33. The minimum atomic E-state index is 0.133. The van der Waals surface area contributed by atoms with Gasteiger partial charge in [-0.25, -0.2) is 0 Å². The Morgan fingerprint density at radius 1 is 0.840 bits per heavy atom. The number of rotatable bonds is 2. The number of fused-ring (bicyclic) bond motifs is 2. The van der Waals surface area contributed by atoms with Crippen LogP contribution in [0, 0.1) is 0 Å². The third kappa shape index (κ3) is 3.23. The first-order valence-corrected chi connectivity index (χ1v) is 8.82. The molecule has 128 valence electrons. The maximum atomic E-state index is 13.3. The number of anilines is 2. The first kappa shape index (κ1) is 16.1. The summed E-state index contributed by atoms with van der Waals surface area (Å²) in [5.41, 5.74) is 4.07. The van der Waals surface area contributed by atoms with Crippen LogP contribution in [-0.2, 0) is 4.79 Å². The quantitative estimate of drug-likeness (QED) is 0.845. The predicted octanol–water partition coefficient (Wildman–Crippen LogP) is 3.08. The normalized spacial score (nSPS) is 17.7. The molecule has 1 fully saturated rings. The SMILES string of the molecule is CN1CCN(CC(=O)N2c3ccccc3C=Cc3ccccc32)CC1. The van der Waals surface area contributed by atoms with Gasteiger partial charge in [-0.3, -0.25) is 14.6 Å². The van der Waals surface area contributed by atoms with E-state index in [1.807, 2.05) is 41.3 Å². The third-order valence-electron chi connectivity index (χ3n) is 5.00. The Kier molecular flexibility index (Phi) is 4.38. The molecule has 4 rings (SSSR count). The number of benzene rings is 2. The highest BCUT2D eigenvalue weighted by Crippen LogP contribution is 2.36. The summed E-state index contributed by atoms with van der Waals surface area (Å²) in [5.74, 6) is 0.133. The molecule has 25 heavy (non-hydrogen) atoms. The van der Waals surface area contributed by atoms with Gasteiger partial charge in [0.15, 0.2) is 0 Å². The van der Waals surface area contributed by atoms with Gasteiger partial charge in [-0.15, -0.1) is 0 Å². The second-order valence-corrected chi connectivity index (χ2v) is 6.76. The number of carbonyl (C=O) groups excluding carboxylic acids is 1. The summed E-state index contributed by atoms with van der Waals surface area (Å²) >= 11 is 0. The molecule has 0 spiro atoms. The van der Waals surface area contributed by atoms with Crippen molar-refractivity contribution in [3.8, 4) is 0 Å². The first-order valence-electron chi connectivity index (χ1n) is 8.82. The molecule has 2 heterocycles. The van der Waals surface area contributed by atoms with Crippen LogP contribution in [0.25, 0.3) is 12.2 Å². The molecule has 0 atom stereocenters. The molecule has 0 aliphatic carbocycles. The molecule has 0 radical (unpaired) electrons. The van der Waals surface area contributed by atoms with Crippen LogP contribution in [0.3, 0.4) is 0 Å². The highest BCUT2D eigenvalue weighted by Gasteiger charge is 2.26. The molecule has 1 saturated heterocycles. The van der Waals surface area contributed by atoms with E-state index in [1.54, 1.807) is 0 Å². The van der Waals surface area contributed by atoms with Gasteiger partial charge in [0.2, 0.25) is 5.91 Å². The van der Waals surface area contributed by atoms with E-state index in [0.29, 0.717) is 6.54 Å². The number of nitrogens with zero attached hydrogens (tertiary/aromatic N) is 3. The van der Waals surface area contributed by atoms with E-state index in [1.165, 1.54) is 0 Å². The molecule has 0 N–H and O–H groups in total. The number of amides is 1. The second kappa shape index (κ2) is 6.82. The van der Waals surface area contributed by atoms with Crippen molar-refractivity contribution < 1.29 is 4.79 Å². The van der Waals surface area contributed by atoms with E-state index in [2.05, 4.69) is 41.1 Å². The van der Waals surface area contributed by atoms with Gasteiger partial charge in [0, 0.05) is 26.2 Å². The fourth-order valence-electron chi connectivity index (χ4n) is 3.51. The van der Waals surface area contributed by atoms with Crippen LogP contribution in [0.1, 0.15) is 11.1 Å². The Hall–Kier alpha value is -2.43. The summed E-state index contributed by atoms with van der Waals surface area (Å²) < 4.78 is 0. The zero-order valence-corrected chi connectivity index (χ0v) is 14.6. The van der Waals surface area contributed by atoms with Crippen molar-refractivity contribution in [2.75, 3.05) is 44.7 Å². The van der Waals surface area contributed by atoms with E-state index < -0.39 is 0 Å². The minimum Gasteiger partial charge on any atom is -0.304 e. The first-order chi connectivity index (χ1) is 12.2. The van der Waals surface area contributed by atoms with Gasteiger partial charge < -0.3 is 4.90 Å². The van der Waals surface area contributed by atoms with Gasteiger partial charge in [-0.1, -0.05) is 48.6 Å². The van der Waals surface area contributed by atoms with E-state index in [4.69, 9.17) is 0 Å². The monoisotopic (exact) mass is 333 g/mol. The molecule has 0 aromatic heterocycles. The maximum absolute atomic E-state index is 13.3. The Bertz CT molecular complexity index is 757. The lowest BCUT2D eigenvalue weighted by molar-refractivity contribution is -0.119. The van der Waals surface area contributed by atoms with Crippen LogP contribution >= 0.6 is 0 Å². The van der Waals surface area contributed by atoms with Crippen molar-refractivity contribution in [1.29, 1.82) is 0 Å². The van der Waals surface area contributed by atoms with Gasteiger partial charge in [-0.2, -0.15) is 0 Å². The van der Waals surface area contributed by atoms with Crippen molar-refractivity contribution in [2.45, 2.75) is 0 Å². The zero-order chi connectivity index (χ0) is 17.2. The zero-order valence-electron chi connectivity index (χ0n) is 14.6. The molecule has 2 aromatic rings. The van der Waals surface area contributed by atoms with E-state index >= 15 is 0 Å². The van der Waals surface area contributed by atoms with Crippen LogP contribution in [0.5, 0.6) is 0 Å². The molecule has 1 amide bonds. The standard InChI is InChI=1S/C21H23N3O/c1-22-12-14-23(15-13-22)16-21(25)24-19-8-4-2-6-17(19)10-11-18-7-3-5-9-20(18)24/h2-11H,12-16H2,1H3. The smallest absolute Gasteiger partial charge is 0.245 e. The van der Waals surface area contributed by atoms with E-state index in [-0.39, 0.29) is 5.91 Å². The number of carbonyl (C=O) groups is 1. The molecule has 0 saturated carbocycles. The molecule has 2 aromatic carbocycles. The lowest BCUT2D eigenvalue weighted by Crippen LogP contribution is -2.48. The lowest BCUT2D eigenvalue weighted by atomic mass is 10.1. The largest absolute Gasteiger partial charge is 0.304 e. The highest BCUT2D eigenvalue weighted by molar-refractivity contribution is 6.07. The van der Waals surface area contributed by atoms with Crippen LogP contribution in [-0.4, -0.2) is 55.5 Å². The topological polar surface area (TPSA) is 26.8 Å². The van der Waals surface area contributed by atoms with Gasteiger partial charge in [0.25, 0.3) is 0 Å². The minimum absolute atomic E-state index is 0.133. The van der Waals surface area contributed by atoms with Crippen LogP contribution in [0.2, 0.25) is 0 Å². The number of piperazine rings is 1. The van der Waals surface area contributed by atoms with Crippen molar-refractivity contribution in [3.63, 3.8) is 0 Å². The third-order valence-corrected chi connectivity index (χ3v) is 5.00. The van der Waals surface area contributed by atoms with E-state index in [9.17, 15) is 4.79 Å². The molecule has 0 bridgehead atoms. The average molecular weight is 333 g/mol. The Labute approximate surface area is 149 Å². The second-order valence-electron chi connectivity index (χ2n) is 6.76. The van der Waals surface area contributed by atoms with Gasteiger partial charge >= 0.3 is 0 Å². The summed E-state index contributed by atoms with van der Waals surface area (Å²) in [6, 6.07) is 16.2. The summed E-state index contributed by atoms with van der Waals surface area (Å²) in [6.07, 6.45) is 4.19. The van der Waals surface area contributed by atoms with Crippen molar-refractivity contribution in [2.24, 2.45) is 0 Å². The summed E-state index contributed by atoms with van der Waals surface area (Å²) in [6.45, 7) is 4.37. The predicted molar refractivity (Wildman–Crippen MR) is 103 cm³/mol. The maximum Gasteiger partial charge on any atom is 0.245 e. The average Bonchev–Trinajstić information content (AvgIpc) is 2.80. The van der Waals surface area contributed by atoms with Gasteiger partial charge in [0.1, 0.15) is 0 Å². The number of para-hydroxylation sites is 2. The van der Waals surface area contributed by atoms with Crippen LogP contribution in [0.4, 0.5) is 11.4 Å². The molecule has 2 aliphatic rings. The molecule has 4 heteroatoms. The van der Waals surface area contributed by atoms with Crippen molar-refractivity contribution in [1.82, 2.24) is 9.80 Å². The molecule has 4 nitrogen and oxygen atoms in total. The molecule has 2 aliphatic heterocycles. The fraction of sp³-hybridized carbons (Fsp3) is 0.286. The van der Waals surface area contributed by atoms with Gasteiger partial charge in [0.05, 0.1) is 17.9 Å². The molecule has 0 unspecified atom stereocenters. The van der Waals surface area contributed by atoms with E-state index in [0.717, 1.165) is 48.7 Å². The van der Waals surface area contributed by atoms with Crippen molar-refractivity contribution in [3.05, 3.63) is 59.7 Å². The fourth-order valence-corrected chi connectivity index (χ4v) is 3.51. The Balaban J connectivity index is 1.68. The number of likely N-dealkylation sites (N-methyl/N-ethyl adjacent to an activating group) is 1. The summed E-state index contributed by atoms with van der Waals surface area (Å²) in [5, 5.41) is 0. The molecular formula is C21H23N3O. The van der Waals surface area contributed by atoms with Gasteiger partial charge in [-0.05, 0) is 30.3 Å². The van der Waals surface area contributed by atoms with Crippen LogP contribution in [0.15, 0.2) is 48.5 Å². The number of hydrogen-bond acceptors (Lipinski definition) is 3. The van der Waals surface area contributed by atoms with Crippen molar-refractivity contribution >= 4 is 29.4 Å². The number of hydrogen-bond donors (Lipinski definition) is 0. The summed E-state index contributed by atoms with van der Waals surface area (Å²) in [7, 11) is 2.13. The summed E-state index contributed by atoms with van der Waals surface area (Å²) in [4.78, 5) is 19.7. The van der Waals surface area contributed by atoms with Crippen LogP contribution < -0.4 is 4.90 Å².